The summed E-state index contributed by atoms with van der Waals surface area (Å²) in [6.07, 6.45) is 3.77. The number of nitrogens with two attached hydrogens (primary N) is 1. The van der Waals surface area contributed by atoms with Crippen LogP contribution in [0.3, 0.4) is 0 Å². The molecule has 0 aromatic carbocycles. The number of hydrogen-bond donors (Lipinski definition) is 2. The summed E-state index contributed by atoms with van der Waals surface area (Å²) in [6.45, 7) is 1.24. The summed E-state index contributed by atoms with van der Waals surface area (Å²) in [6, 6.07) is 1.66. The van der Waals surface area contributed by atoms with Crippen LogP contribution in [0.4, 0.5) is 0 Å². The number of fused-ring (bicyclic) bond motifs is 1. The number of primary amides is 1. The third kappa shape index (κ3) is 4.99. The molecule has 2 aromatic heterocycles. The number of ether oxygens (including phenoxy) is 1. The molecule has 3 N–H and O–H groups in total. The Hall–Kier alpha value is -2.46. The highest BCUT2D eigenvalue weighted by Gasteiger charge is 2.27. The molecule has 0 spiro atoms. The van der Waals surface area contributed by atoms with E-state index < -0.39 is 11.6 Å². The molecule has 30 heavy (non-hydrogen) atoms. The van der Waals surface area contributed by atoms with Crippen LogP contribution in [-0.4, -0.2) is 41.2 Å². The van der Waals surface area contributed by atoms with Gasteiger partial charge in [0.2, 0.25) is 11.8 Å². The van der Waals surface area contributed by atoms with Gasteiger partial charge in [-0.3, -0.25) is 23.5 Å². The summed E-state index contributed by atoms with van der Waals surface area (Å²) >= 11 is 1.25. The van der Waals surface area contributed by atoms with Gasteiger partial charge in [0, 0.05) is 32.7 Å². The standard InChI is InChI=1S/C20H28N4O5S/c1-29-9-2-8-22-18(26)14-5-3-13(4-6-14)11-24-19(27)17-15(7-10-30-17)23(20(24)28)12-16(21)25/h7,10,13-14H,2-6,8-9,11-12H2,1H3,(H2,21,25)(H,22,26). The van der Waals surface area contributed by atoms with Crippen molar-refractivity contribution in [2.75, 3.05) is 20.3 Å². The van der Waals surface area contributed by atoms with Gasteiger partial charge in [0.1, 0.15) is 11.2 Å². The summed E-state index contributed by atoms with van der Waals surface area (Å²) in [7, 11) is 1.63. The molecular formula is C20H28N4O5S. The molecule has 0 atom stereocenters. The zero-order valence-corrected chi connectivity index (χ0v) is 17.9. The predicted molar refractivity (Wildman–Crippen MR) is 114 cm³/mol. The lowest BCUT2D eigenvalue weighted by Gasteiger charge is -2.28. The first-order valence-corrected chi connectivity index (χ1v) is 11.1. The first kappa shape index (κ1) is 22.2. The number of amides is 2. The Morgan fingerprint density at radius 1 is 1.23 bits per heavy atom. The minimum atomic E-state index is -0.633. The predicted octanol–water partition coefficient (Wildman–Crippen LogP) is 0.669. The SMILES string of the molecule is COCCCNC(=O)C1CCC(Cn2c(=O)c3sccc3n(CC(N)=O)c2=O)CC1. The molecule has 1 fully saturated rings. The molecule has 1 saturated carbocycles. The number of rotatable bonds is 9. The van der Waals surface area contributed by atoms with E-state index in [1.54, 1.807) is 18.6 Å². The number of carbonyl (C=O) groups excluding carboxylic acids is 2. The van der Waals surface area contributed by atoms with Crippen LogP contribution in [0.2, 0.25) is 0 Å². The minimum absolute atomic E-state index is 0.0354. The fourth-order valence-electron chi connectivity index (χ4n) is 4.04. The minimum Gasteiger partial charge on any atom is -0.385 e. The molecule has 164 valence electrons. The maximum atomic E-state index is 12.9. The van der Waals surface area contributed by atoms with Gasteiger partial charge in [-0.2, -0.15) is 0 Å². The van der Waals surface area contributed by atoms with Gasteiger partial charge >= 0.3 is 5.69 Å². The van der Waals surface area contributed by atoms with Gasteiger partial charge in [0.15, 0.2) is 0 Å². The van der Waals surface area contributed by atoms with Gasteiger partial charge in [-0.25, -0.2) is 4.79 Å². The summed E-state index contributed by atoms with van der Waals surface area (Å²) in [5.41, 5.74) is 4.90. The number of aromatic nitrogens is 2. The lowest BCUT2D eigenvalue weighted by molar-refractivity contribution is -0.126. The van der Waals surface area contributed by atoms with E-state index in [-0.39, 0.29) is 36.4 Å². The van der Waals surface area contributed by atoms with E-state index in [1.165, 1.54) is 20.5 Å². The molecule has 9 nitrogen and oxygen atoms in total. The Morgan fingerprint density at radius 3 is 2.63 bits per heavy atom. The summed E-state index contributed by atoms with van der Waals surface area (Å²) < 4.78 is 7.92. The van der Waals surface area contributed by atoms with Crippen LogP contribution < -0.4 is 22.3 Å². The van der Waals surface area contributed by atoms with E-state index in [4.69, 9.17) is 10.5 Å². The number of hydrogen-bond acceptors (Lipinski definition) is 6. The van der Waals surface area contributed by atoms with Crippen LogP contribution in [-0.2, 0) is 27.4 Å². The van der Waals surface area contributed by atoms with Crippen molar-refractivity contribution in [3.8, 4) is 0 Å². The first-order chi connectivity index (χ1) is 14.4. The Labute approximate surface area is 177 Å². The van der Waals surface area contributed by atoms with Crippen molar-refractivity contribution in [3.63, 3.8) is 0 Å². The summed E-state index contributed by atoms with van der Waals surface area (Å²) in [5, 5.41) is 4.67. The van der Waals surface area contributed by atoms with E-state index in [1.807, 2.05) is 0 Å². The lowest BCUT2D eigenvalue weighted by Crippen LogP contribution is -2.43. The molecule has 2 heterocycles. The Morgan fingerprint density at radius 2 is 1.97 bits per heavy atom. The van der Waals surface area contributed by atoms with Crippen LogP contribution in [0.5, 0.6) is 0 Å². The molecule has 0 saturated heterocycles. The topological polar surface area (TPSA) is 125 Å². The van der Waals surface area contributed by atoms with Crippen molar-refractivity contribution >= 4 is 33.4 Å². The Balaban J connectivity index is 1.68. The fourth-order valence-corrected chi connectivity index (χ4v) is 4.88. The van der Waals surface area contributed by atoms with Gasteiger partial charge in [0.05, 0.1) is 5.52 Å². The zero-order valence-electron chi connectivity index (χ0n) is 17.1. The van der Waals surface area contributed by atoms with Gasteiger partial charge in [-0.15, -0.1) is 11.3 Å². The van der Waals surface area contributed by atoms with Crippen molar-refractivity contribution in [2.24, 2.45) is 17.6 Å². The van der Waals surface area contributed by atoms with E-state index in [0.717, 1.165) is 32.1 Å². The quantitative estimate of drug-likeness (QED) is 0.559. The Kier molecular flexibility index (Phi) is 7.43. The Bertz CT molecular complexity index is 1020. The maximum absolute atomic E-state index is 12.9. The second kappa shape index (κ2) is 10.0. The van der Waals surface area contributed by atoms with Crippen LogP contribution >= 0.6 is 11.3 Å². The lowest BCUT2D eigenvalue weighted by atomic mass is 9.81. The molecule has 1 aliphatic carbocycles. The number of carbonyl (C=O) groups is 2. The van der Waals surface area contributed by atoms with Gasteiger partial charge in [-0.1, -0.05) is 0 Å². The van der Waals surface area contributed by atoms with Crippen molar-refractivity contribution < 1.29 is 14.3 Å². The van der Waals surface area contributed by atoms with E-state index in [0.29, 0.717) is 23.4 Å². The molecule has 0 unspecified atom stereocenters. The highest BCUT2D eigenvalue weighted by Crippen LogP contribution is 2.29. The van der Waals surface area contributed by atoms with Crippen LogP contribution in [0, 0.1) is 11.8 Å². The highest BCUT2D eigenvalue weighted by molar-refractivity contribution is 7.17. The van der Waals surface area contributed by atoms with Crippen molar-refractivity contribution in [2.45, 2.75) is 45.2 Å². The molecule has 2 amide bonds. The van der Waals surface area contributed by atoms with Crippen molar-refractivity contribution in [1.82, 2.24) is 14.5 Å². The second-order valence-electron chi connectivity index (χ2n) is 7.74. The number of thiophene rings is 1. The smallest absolute Gasteiger partial charge is 0.332 e. The van der Waals surface area contributed by atoms with Crippen LogP contribution in [0.1, 0.15) is 32.1 Å². The summed E-state index contributed by atoms with van der Waals surface area (Å²) in [5.74, 6) is -0.475. The molecule has 0 radical (unpaired) electrons. The number of nitrogens with one attached hydrogen (secondary N) is 1. The number of nitrogens with zero attached hydrogens (tertiary/aromatic N) is 2. The van der Waals surface area contributed by atoms with Gasteiger partial charge in [0.25, 0.3) is 5.56 Å². The molecule has 2 aromatic rings. The third-order valence-corrected chi connectivity index (χ3v) is 6.52. The van der Waals surface area contributed by atoms with E-state index in [9.17, 15) is 19.2 Å². The van der Waals surface area contributed by atoms with Crippen molar-refractivity contribution in [3.05, 3.63) is 32.3 Å². The number of methoxy groups -OCH3 is 1. The van der Waals surface area contributed by atoms with E-state index >= 15 is 0 Å². The molecule has 3 rings (SSSR count). The molecule has 0 aliphatic heterocycles. The highest BCUT2D eigenvalue weighted by atomic mass is 32.1. The largest absolute Gasteiger partial charge is 0.385 e. The van der Waals surface area contributed by atoms with Gasteiger partial charge < -0.3 is 15.8 Å². The monoisotopic (exact) mass is 436 g/mol. The molecule has 10 heteroatoms. The van der Waals surface area contributed by atoms with Crippen LogP contribution in [0.25, 0.3) is 10.2 Å². The van der Waals surface area contributed by atoms with E-state index in [2.05, 4.69) is 5.32 Å². The molecule has 1 aliphatic rings. The normalized spacial score (nSPS) is 19.1. The van der Waals surface area contributed by atoms with Crippen molar-refractivity contribution in [1.29, 1.82) is 0 Å². The zero-order chi connectivity index (χ0) is 21.7. The second-order valence-corrected chi connectivity index (χ2v) is 8.66. The molecular weight excluding hydrogens is 408 g/mol. The maximum Gasteiger partial charge on any atom is 0.332 e. The summed E-state index contributed by atoms with van der Waals surface area (Å²) in [4.78, 5) is 49.5. The molecule has 0 bridgehead atoms. The average molecular weight is 437 g/mol. The first-order valence-electron chi connectivity index (χ1n) is 10.2. The fraction of sp³-hybridized carbons (Fsp3) is 0.600. The van der Waals surface area contributed by atoms with Crippen LogP contribution in [0.15, 0.2) is 21.0 Å². The third-order valence-electron chi connectivity index (χ3n) is 5.63. The van der Waals surface area contributed by atoms with Gasteiger partial charge in [-0.05, 0) is 49.5 Å². The average Bonchev–Trinajstić information content (AvgIpc) is 3.22.